The molecule has 3 aromatic carbocycles. The number of nitrogens with one attached hydrogen (secondary N) is 1. The van der Waals surface area contributed by atoms with Crippen LogP contribution in [0.4, 0.5) is 4.39 Å². The van der Waals surface area contributed by atoms with Crippen LogP contribution in [0.15, 0.2) is 78.9 Å². The molecule has 3 aromatic rings. The maximum atomic E-state index is 14.1. The van der Waals surface area contributed by atoms with Crippen molar-refractivity contribution in [2.45, 2.75) is 58.0 Å². The first-order chi connectivity index (χ1) is 17.1. The number of halogens is 1. The van der Waals surface area contributed by atoms with Gasteiger partial charge >= 0.3 is 0 Å². The van der Waals surface area contributed by atoms with Gasteiger partial charge in [0.2, 0.25) is 11.8 Å². The third-order valence-corrected chi connectivity index (χ3v) is 6.61. The smallest absolute Gasteiger partial charge is 0.243 e. The molecule has 6 heteroatoms. The predicted molar refractivity (Wildman–Crippen MR) is 146 cm³/mol. The van der Waals surface area contributed by atoms with E-state index in [1.807, 2.05) is 82.3 Å². The first-order valence-corrected chi connectivity index (χ1v) is 13.3. The second-order valence-corrected chi connectivity index (χ2v) is 11.0. The van der Waals surface area contributed by atoms with Crippen molar-refractivity contribution in [1.82, 2.24) is 10.2 Å². The zero-order valence-corrected chi connectivity index (χ0v) is 22.3. The number of hydrogen-bond acceptors (Lipinski definition) is 3. The first kappa shape index (κ1) is 27.5. The summed E-state index contributed by atoms with van der Waals surface area (Å²) in [5, 5.41) is 3.07. The Bertz CT molecular complexity index is 1160. The van der Waals surface area contributed by atoms with E-state index in [0.717, 1.165) is 16.7 Å². The van der Waals surface area contributed by atoms with Crippen molar-refractivity contribution in [2.75, 3.05) is 5.75 Å². The molecule has 0 heterocycles. The van der Waals surface area contributed by atoms with Crippen molar-refractivity contribution in [3.63, 3.8) is 0 Å². The molecule has 0 saturated heterocycles. The zero-order chi connectivity index (χ0) is 26.1. The number of nitrogens with zero attached hydrogens (tertiary/aromatic N) is 1. The fourth-order valence-corrected chi connectivity index (χ4v) is 4.86. The molecule has 0 radical (unpaired) electrons. The molecule has 4 nitrogen and oxygen atoms in total. The van der Waals surface area contributed by atoms with Gasteiger partial charge in [-0.05, 0) is 50.5 Å². The summed E-state index contributed by atoms with van der Waals surface area (Å²) in [6, 6.07) is 23.6. The molecule has 1 atom stereocenters. The Morgan fingerprint density at radius 1 is 0.944 bits per heavy atom. The predicted octanol–water partition coefficient (Wildman–Crippen LogP) is 5.92. The van der Waals surface area contributed by atoms with Crippen LogP contribution < -0.4 is 5.32 Å². The van der Waals surface area contributed by atoms with Gasteiger partial charge in [0.15, 0.2) is 0 Å². The Kier molecular flexibility index (Phi) is 9.71. The summed E-state index contributed by atoms with van der Waals surface area (Å²) < 4.78 is 14.1. The number of benzene rings is 3. The highest BCUT2D eigenvalue weighted by atomic mass is 32.2. The maximum Gasteiger partial charge on any atom is 0.243 e. The fourth-order valence-electron chi connectivity index (χ4n) is 3.96. The van der Waals surface area contributed by atoms with Gasteiger partial charge in [-0.1, -0.05) is 78.4 Å². The Morgan fingerprint density at radius 2 is 1.61 bits per heavy atom. The van der Waals surface area contributed by atoms with Crippen LogP contribution in [0.25, 0.3) is 0 Å². The summed E-state index contributed by atoms with van der Waals surface area (Å²) in [5.74, 6) is -0.0856. The number of carbonyl (C=O) groups excluding carboxylic acids is 2. The standard InChI is InChI=1S/C30H35FN2O2S/c1-22-11-10-14-24(17-22)19-33(28(34)21-36-20-25-15-8-9-16-26(25)31)27(29(35)32-30(2,3)4)18-23-12-6-5-7-13-23/h5-17,27H,18-21H2,1-4H3,(H,32,35)/t27-/m0/s1. The number of carbonyl (C=O) groups is 2. The molecule has 0 unspecified atom stereocenters. The molecule has 0 bridgehead atoms. The van der Waals surface area contributed by atoms with E-state index in [-0.39, 0.29) is 23.4 Å². The summed E-state index contributed by atoms with van der Waals surface area (Å²) >= 11 is 1.36. The molecule has 2 amide bonds. The van der Waals surface area contributed by atoms with Crippen molar-refractivity contribution in [2.24, 2.45) is 0 Å². The molecule has 3 rings (SSSR count). The van der Waals surface area contributed by atoms with Crippen LogP contribution in [0, 0.1) is 12.7 Å². The quantitative estimate of drug-likeness (QED) is 0.371. The highest BCUT2D eigenvalue weighted by Gasteiger charge is 2.32. The number of aryl methyl sites for hydroxylation is 1. The van der Waals surface area contributed by atoms with E-state index in [0.29, 0.717) is 24.3 Å². The highest BCUT2D eigenvalue weighted by molar-refractivity contribution is 7.99. The summed E-state index contributed by atoms with van der Waals surface area (Å²) in [6.07, 6.45) is 0.401. The number of hydrogen-bond donors (Lipinski definition) is 1. The minimum Gasteiger partial charge on any atom is -0.350 e. The fraction of sp³-hybridized carbons (Fsp3) is 0.333. The Balaban J connectivity index is 1.88. The van der Waals surface area contributed by atoms with Crippen molar-refractivity contribution in [1.29, 1.82) is 0 Å². The van der Waals surface area contributed by atoms with E-state index in [1.165, 1.54) is 17.8 Å². The molecule has 190 valence electrons. The lowest BCUT2D eigenvalue weighted by Crippen LogP contribution is -2.54. The molecule has 0 spiro atoms. The maximum absolute atomic E-state index is 14.1. The van der Waals surface area contributed by atoms with Crippen molar-refractivity contribution in [3.8, 4) is 0 Å². The Labute approximate surface area is 218 Å². The van der Waals surface area contributed by atoms with Crippen LogP contribution in [0.5, 0.6) is 0 Å². The number of rotatable bonds is 10. The van der Waals surface area contributed by atoms with Gasteiger partial charge in [-0.3, -0.25) is 9.59 Å². The SMILES string of the molecule is Cc1cccc(CN(C(=O)CSCc2ccccc2F)[C@@H](Cc2ccccc2)C(=O)NC(C)(C)C)c1. The monoisotopic (exact) mass is 506 g/mol. The van der Waals surface area contributed by atoms with Gasteiger partial charge in [-0.25, -0.2) is 4.39 Å². The summed E-state index contributed by atoms with van der Waals surface area (Å²) in [5.41, 5.74) is 3.15. The van der Waals surface area contributed by atoms with Gasteiger partial charge in [-0.15, -0.1) is 11.8 Å². The molecular weight excluding hydrogens is 471 g/mol. The number of amides is 2. The van der Waals surface area contributed by atoms with Crippen LogP contribution in [0.3, 0.4) is 0 Å². The molecule has 0 saturated carbocycles. The van der Waals surface area contributed by atoms with E-state index in [1.54, 1.807) is 23.1 Å². The minimum atomic E-state index is -0.686. The lowest BCUT2D eigenvalue weighted by molar-refractivity contribution is -0.140. The molecular formula is C30H35FN2O2S. The van der Waals surface area contributed by atoms with Crippen molar-refractivity contribution < 1.29 is 14.0 Å². The van der Waals surface area contributed by atoms with Crippen LogP contribution in [-0.4, -0.2) is 34.0 Å². The second kappa shape index (κ2) is 12.7. The van der Waals surface area contributed by atoms with Crippen molar-refractivity contribution >= 4 is 23.6 Å². The largest absolute Gasteiger partial charge is 0.350 e. The molecule has 0 aliphatic carbocycles. The van der Waals surface area contributed by atoms with Gasteiger partial charge in [0.05, 0.1) is 5.75 Å². The minimum absolute atomic E-state index is 0.147. The average molecular weight is 507 g/mol. The van der Waals surface area contributed by atoms with Crippen LogP contribution in [-0.2, 0) is 28.3 Å². The molecule has 0 fully saturated rings. The molecule has 1 N–H and O–H groups in total. The van der Waals surface area contributed by atoms with E-state index in [9.17, 15) is 14.0 Å². The van der Waals surface area contributed by atoms with Crippen LogP contribution in [0.2, 0.25) is 0 Å². The summed E-state index contributed by atoms with van der Waals surface area (Å²) in [7, 11) is 0. The normalized spacial score (nSPS) is 12.1. The van der Waals surface area contributed by atoms with E-state index in [4.69, 9.17) is 0 Å². The van der Waals surface area contributed by atoms with E-state index in [2.05, 4.69) is 5.32 Å². The Morgan fingerprint density at radius 3 is 2.28 bits per heavy atom. The number of thioether (sulfide) groups is 1. The third-order valence-electron chi connectivity index (χ3n) is 5.65. The second-order valence-electron chi connectivity index (χ2n) is 10.0. The zero-order valence-electron chi connectivity index (χ0n) is 21.5. The third kappa shape index (κ3) is 8.52. The van der Waals surface area contributed by atoms with Gasteiger partial charge < -0.3 is 10.2 Å². The molecule has 36 heavy (non-hydrogen) atoms. The molecule has 0 aliphatic heterocycles. The molecule has 0 aromatic heterocycles. The van der Waals surface area contributed by atoms with Gasteiger partial charge in [0.1, 0.15) is 11.9 Å². The van der Waals surface area contributed by atoms with Gasteiger partial charge in [-0.2, -0.15) is 0 Å². The average Bonchev–Trinajstić information content (AvgIpc) is 2.82. The lowest BCUT2D eigenvalue weighted by atomic mass is 10.0. The Hall–Kier alpha value is -3.12. The topological polar surface area (TPSA) is 49.4 Å². The van der Waals surface area contributed by atoms with Gasteiger partial charge in [0, 0.05) is 24.3 Å². The first-order valence-electron chi connectivity index (χ1n) is 12.1. The molecule has 0 aliphatic rings. The van der Waals surface area contributed by atoms with Gasteiger partial charge in [0.25, 0.3) is 0 Å². The van der Waals surface area contributed by atoms with Crippen molar-refractivity contribution in [3.05, 3.63) is 107 Å². The van der Waals surface area contributed by atoms with Crippen LogP contribution in [0.1, 0.15) is 43.0 Å². The van der Waals surface area contributed by atoms with Crippen LogP contribution >= 0.6 is 11.8 Å². The van der Waals surface area contributed by atoms with E-state index < -0.39 is 11.6 Å². The highest BCUT2D eigenvalue weighted by Crippen LogP contribution is 2.20. The summed E-state index contributed by atoms with van der Waals surface area (Å²) in [4.78, 5) is 28.9. The summed E-state index contributed by atoms with van der Waals surface area (Å²) in [6.45, 7) is 8.12. The van der Waals surface area contributed by atoms with E-state index >= 15 is 0 Å². The lowest BCUT2D eigenvalue weighted by Gasteiger charge is -2.34.